The van der Waals surface area contributed by atoms with Gasteiger partial charge < -0.3 is 5.32 Å². The smallest absolute Gasteiger partial charge is 0.238 e. The van der Waals surface area contributed by atoms with E-state index in [4.69, 9.17) is 0 Å². The minimum atomic E-state index is -0.783. The van der Waals surface area contributed by atoms with Gasteiger partial charge in [-0.25, -0.2) is 0 Å². The molecule has 1 heterocycles. The van der Waals surface area contributed by atoms with Gasteiger partial charge in [-0.15, -0.1) is 11.8 Å². The number of nitrogens with zero attached hydrogens (tertiary/aromatic N) is 1. The molecule has 3 aromatic rings. The van der Waals surface area contributed by atoms with Gasteiger partial charge in [0.25, 0.3) is 0 Å². The Kier molecular flexibility index (Phi) is 5.41. The Labute approximate surface area is 174 Å². The molecule has 1 fully saturated rings. The highest BCUT2D eigenvalue weighted by Crippen LogP contribution is 2.50. The van der Waals surface area contributed by atoms with Crippen LogP contribution in [0.15, 0.2) is 84.9 Å². The average Bonchev–Trinajstić information content (AvgIpc) is 3.08. The highest BCUT2D eigenvalue weighted by molar-refractivity contribution is 8.01. The Morgan fingerprint density at radius 1 is 0.966 bits per heavy atom. The molecule has 0 aliphatic carbocycles. The molecule has 1 aliphatic heterocycles. The molecule has 2 amide bonds. The summed E-state index contributed by atoms with van der Waals surface area (Å²) in [6, 6.07) is 27.1. The number of carbonyl (C=O) groups is 2. The zero-order valence-electron chi connectivity index (χ0n) is 16.2. The first-order valence-corrected chi connectivity index (χ1v) is 10.5. The molecule has 0 bridgehead atoms. The van der Waals surface area contributed by atoms with E-state index >= 15 is 0 Å². The third-order valence-corrected chi connectivity index (χ3v) is 6.45. The highest BCUT2D eigenvalue weighted by atomic mass is 32.2. The van der Waals surface area contributed by atoms with E-state index in [2.05, 4.69) is 5.32 Å². The van der Waals surface area contributed by atoms with E-state index in [1.807, 2.05) is 91.9 Å². The van der Waals surface area contributed by atoms with Crippen molar-refractivity contribution in [3.05, 3.63) is 96.1 Å². The zero-order chi connectivity index (χ0) is 20.3. The molecule has 1 atom stereocenters. The van der Waals surface area contributed by atoms with Gasteiger partial charge in [-0.2, -0.15) is 0 Å². The van der Waals surface area contributed by atoms with Crippen molar-refractivity contribution in [3.63, 3.8) is 0 Å². The predicted molar refractivity (Wildman–Crippen MR) is 119 cm³/mol. The van der Waals surface area contributed by atoms with E-state index in [0.717, 1.165) is 22.5 Å². The van der Waals surface area contributed by atoms with Gasteiger partial charge in [0.2, 0.25) is 11.8 Å². The lowest BCUT2D eigenvalue weighted by molar-refractivity contribution is -0.117. The molecule has 1 saturated heterocycles. The summed E-state index contributed by atoms with van der Waals surface area (Å²) in [7, 11) is 0. The number of thioether (sulfide) groups is 1. The summed E-state index contributed by atoms with van der Waals surface area (Å²) in [6.45, 7) is 2.01. The summed E-state index contributed by atoms with van der Waals surface area (Å²) in [5, 5.41) is 2.99. The molecular weight excluding hydrogens is 380 g/mol. The Bertz CT molecular complexity index is 1010. The molecule has 0 saturated carbocycles. The van der Waals surface area contributed by atoms with Crippen LogP contribution in [0, 0.1) is 6.92 Å². The van der Waals surface area contributed by atoms with Crippen molar-refractivity contribution < 1.29 is 9.59 Å². The van der Waals surface area contributed by atoms with Crippen LogP contribution < -0.4 is 10.2 Å². The van der Waals surface area contributed by atoms with Crippen LogP contribution in [-0.4, -0.2) is 17.6 Å². The zero-order valence-corrected chi connectivity index (χ0v) is 17.0. The van der Waals surface area contributed by atoms with Crippen LogP contribution in [0.1, 0.15) is 17.5 Å². The first kappa shape index (κ1) is 19.3. The van der Waals surface area contributed by atoms with Crippen molar-refractivity contribution in [2.75, 3.05) is 16.0 Å². The molecule has 1 N–H and O–H groups in total. The fourth-order valence-corrected chi connectivity index (χ4v) is 5.01. The molecule has 1 aliphatic rings. The lowest BCUT2D eigenvalue weighted by Crippen LogP contribution is -2.44. The molecule has 0 aromatic heterocycles. The number of amides is 2. The summed E-state index contributed by atoms with van der Waals surface area (Å²) >= 11 is 1.51. The first-order chi connectivity index (χ1) is 14.1. The number of benzene rings is 3. The number of hydrogen-bond donors (Lipinski definition) is 1. The SMILES string of the molecule is Cc1ccc(NC(=O)C[C@@]2(c3ccccc3)SCC(=O)N2c2ccccc2)cc1. The van der Waals surface area contributed by atoms with Gasteiger partial charge in [0.1, 0.15) is 4.87 Å². The Hall–Kier alpha value is -3.05. The van der Waals surface area contributed by atoms with Crippen molar-refractivity contribution in [1.82, 2.24) is 0 Å². The molecule has 0 unspecified atom stereocenters. The lowest BCUT2D eigenvalue weighted by Gasteiger charge is -2.37. The molecule has 146 valence electrons. The van der Waals surface area contributed by atoms with Crippen LogP contribution >= 0.6 is 11.8 Å². The minimum absolute atomic E-state index is 0.00758. The fraction of sp³-hybridized carbons (Fsp3) is 0.167. The molecule has 29 heavy (non-hydrogen) atoms. The van der Waals surface area contributed by atoms with Crippen molar-refractivity contribution in [2.45, 2.75) is 18.2 Å². The van der Waals surface area contributed by atoms with Gasteiger partial charge in [0, 0.05) is 11.4 Å². The second-order valence-corrected chi connectivity index (χ2v) is 8.35. The van der Waals surface area contributed by atoms with E-state index in [0.29, 0.717) is 5.75 Å². The third kappa shape index (κ3) is 3.91. The Balaban J connectivity index is 1.71. The standard InChI is InChI=1S/C24H22N2O2S/c1-18-12-14-20(15-13-18)25-22(27)16-24(19-8-4-2-5-9-19)26(23(28)17-29-24)21-10-6-3-7-11-21/h2-15H,16-17H2,1H3,(H,25,27)/t24-/m0/s1. The number of hydrogen-bond acceptors (Lipinski definition) is 3. The summed E-state index contributed by atoms with van der Waals surface area (Å²) in [5.41, 5.74) is 3.63. The van der Waals surface area contributed by atoms with E-state index in [9.17, 15) is 9.59 Å². The van der Waals surface area contributed by atoms with Crippen LogP contribution in [0.2, 0.25) is 0 Å². The number of rotatable bonds is 5. The topological polar surface area (TPSA) is 49.4 Å². The monoisotopic (exact) mass is 402 g/mol. The second kappa shape index (κ2) is 8.13. The third-order valence-electron chi connectivity index (χ3n) is 5.02. The molecule has 0 radical (unpaired) electrons. The minimum Gasteiger partial charge on any atom is -0.326 e. The molecule has 4 nitrogen and oxygen atoms in total. The average molecular weight is 403 g/mol. The van der Waals surface area contributed by atoms with Gasteiger partial charge in [-0.05, 0) is 36.8 Å². The largest absolute Gasteiger partial charge is 0.326 e. The number of nitrogens with one attached hydrogen (secondary N) is 1. The normalized spacial score (nSPS) is 18.7. The quantitative estimate of drug-likeness (QED) is 0.656. The van der Waals surface area contributed by atoms with Gasteiger partial charge in [0.05, 0.1) is 12.2 Å². The summed E-state index contributed by atoms with van der Waals surface area (Å²) in [5.74, 6) is 0.218. The highest BCUT2D eigenvalue weighted by Gasteiger charge is 2.49. The number of anilines is 2. The molecule has 4 rings (SSSR count). The van der Waals surface area contributed by atoms with Gasteiger partial charge in [-0.3, -0.25) is 14.5 Å². The maximum Gasteiger partial charge on any atom is 0.238 e. The van der Waals surface area contributed by atoms with Crippen LogP contribution in [0.3, 0.4) is 0 Å². The van der Waals surface area contributed by atoms with Crippen molar-refractivity contribution in [2.24, 2.45) is 0 Å². The van der Waals surface area contributed by atoms with E-state index < -0.39 is 4.87 Å². The van der Waals surface area contributed by atoms with Crippen LogP contribution in [0.5, 0.6) is 0 Å². The predicted octanol–water partition coefficient (Wildman–Crippen LogP) is 4.96. The lowest BCUT2D eigenvalue weighted by atomic mass is 9.99. The molecular formula is C24H22N2O2S. The van der Waals surface area contributed by atoms with Crippen molar-refractivity contribution in [3.8, 4) is 0 Å². The van der Waals surface area contributed by atoms with Crippen molar-refractivity contribution in [1.29, 1.82) is 0 Å². The summed E-state index contributed by atoms with van der Waals surface area (Å²) < 4.78 is 0. The number of aryl methyl sites for hydroxylation is 1. The fourth-order valence-electron chi connectivity index (χ4n) is 3.64. The van der Waals surface area contributed by atoms with E-state index in [-0.39, 0.29) is 18.2 Å². The van der Waals surface area contributed by atoms with Crippen LogP contribution in [0.25, 0.3) is 0 Å². The summed E-state index contributed by atoms with van der Waals surface area (Å²) in [6.07, 6.45) is 0.163. The van der Waals surface area contributed by atoms with Gasteiger partial charge in [0.15, 0.2) is 0 Å². The first-order valence-electron chi connectivity index (χ1n) is 9.53. The Morgan fingerprint density at radius 2 is 1.59 bits per heavy atom. The second-order valence-electron chi connectivity index (χ2n) is 7.09. The van der Waals surface area contributed by atoms with Crippen LogP contribution in [-0.2, 0) is 14.5 Å². The van der Waals surface area contributed by atoms with Gasteiger partial charge >= 0.3 is 0 Å². The number of carbonyl (C=O) groups excluding carboxylic acids is 2. The molecule has 5 heteroatoms. The van der Waals surface area contributed by atoms with Crippen molar-refractivity contribution >= 4 is 35.0 Å². The maximum atomic E-state index is 13.1. The maximum absolute atomic E-state index is 13.1. The van der Waals surface area contributed by atoms with Crippen LogP contribution in [0.4, 0.5) is 11.4 Å². The number of para-hydroxylation sites is 1. The molecule has 0 spiro atoms. The van der Waals surface area contributed by atoms with E-state index in [1.54, 1.807) is 4.90 Å². The Morgan fingerprint density at radius 3 is 2.24 bits per heavy atom. The van der Waals surface area contributed by atoms with Gasteiger partial charge in [-0.1, -0.05) is 66.2 Å². The summed E-state index contributed by atoms with van der Waals surface area (Å²) in [4.78, 5) is 27.0. The molecule has 3 aromatic carbocycles. The van der Waals surface area contributed by atoms with E-state index in [1.165, 1.54) is 11.8 Å².